The maximum Gasteiger partial charge on any atom is 0.438 e. The van der Waals surface area contributed by atoms with Gasteiger partial charge in [0.15, 0.2) is 0 Å². The van der Waals surface area contributed by atoms with Crippen molar-refractivity contribution in [1.82, 2.24) is 5.06 Å². The minimum Gasteiger partial charge on any atom is -0.462 e. The van der Waals surface area contributed by atoms with E-state index in [-0.39, 0.29) is 30.5 Å². The molecule has 1 amide bonds. The lowest BCUT2D eigenvalue weighted by Crippen LogP contribution is -2.64. The number of ether oxygens (including phenoxy) is 4. The van der Waals surface area contributed by atoms with Crippen LogP contribution in [0.2, 0.25) is 0 Å². The molecule has 0 spiro atoms. The molecule has 0 unspecified atom stereocenters. The van der Waals surface area contributed by atoms with Crippen LogP contribution in [0.5, 0.6) is 0 Å². The number of hydrogen-bond acceptors (Lipinski definition) is 9. The summed E-state index contributed by atoms with van der Waals surface area (Å²) in [5.41, 5.74) is -1.90. The van der Waals surface area contributed by atoms with Crippen LogP contribution < -0.4 is 0 Å². The first kappa shape index (κ1) is 29.4. The van der Waals surface area contributed by atoms with Gasteiger partial charge in [-0.05, 0) is 42.9 Å². The molecule has 2 saturated carbocycles. The van der Waals surface area contributed by atoms with Gasteiger partial charge in [-0.25, -0.2) is 4.79 Å². The van der Waals surface area contributed by atoms with E-state index < -0.39 is 46.3 Å². The Bertz CT molecular complexity index is 1410. The van der Waals surface area contributed by atoms with Gasteiger partial charge in [-0.2, -0.15) is 0 Å². The van der Waals surface area contributed by atoms with E-state index >= 15 is 0 Å². The number of fused-ring (bicyclic) bond motifs is 3. The summed E-state index contributed by atoms with van der Waals surface area (Å²) in [6.45, 7) is 8.28. The smallest absolute Gasteiger partial charge is 0.438 e. The Morgan fingerprint density at radius 2 is 1.67 bits per heavy atom. The zero-order valence-corrected chi connectivity index (χ0v) is 25.3. The molecule has 5 aliphatic rings. The van der Waals surface area contributed by atoms with Crippen LogP contribution in [-0.2, 0) is 44.8 Å². The molecule has 1 aromatic rings. The van der Waals surface area contributed by atoms with E-state index in [4.69, 9.17) is 23.8 Å². The zero-order valence-electron chi connectivity index (χ0n) is 25.3. The maximum absolute atomic E-state index is 13.7. The van der Waals surface area contributed by atoms with E-state index in [2.05, 4.69) is 13.0 Å². The Morgan fingerprint density at radius 1 is 0.953 bits per heavy atom. The number of benzene rings is 1. The molecule has 10 nitrogen and oxygen atoms in total. The molecule has 43 heavy (non-hydrogen) atoms. The topological polar surface area (TPSA) is 118 Å². The summed E-state index contributed by atoms with van der Waals surface area (Å²) >= 11 is 0. The lowest BCUT2D eigenvalue weighted by molar-refractivity contribution is -0.250. The molecule has 3 fully saturated rings. The molecule has 4 aliphatic carbocycles. The third kappa shape index (κ3) is 4.24. The van der Waals surface area contributed by atoms with Crippen molar-refractivity contribution in [1.29, 1.82) is 0 Å². The van der Waals surface area contributed by atoms with Gasteiger partial charge in [0.2, 0.25) is 5.72 Å². The van der Waals surface area contributed by atoms with Gasteiger partial charge in [-0.15, -0.1) is 5.06 Å². The molecule has 10 heteroatoms. The molecule has 1 aromatic carbocycles. The van der Waals surface area contributed by atoms with Crippen molar-refractivity contribution in [2.75, 3.05) is 0 Å². The van der Waals surface area contributed by atoms with E-state index in [0.717, 1.165) is 16.2 Å². The Kier molecular flexibility index (Phi) is 6.99. The summed E-state index contributed by atoms with van der Waals surface area (Å²) in [6, 6.07) is 9.33. The van der Waals surface area contributed by atoms with Crippen LogP contribution in [0.3, 0.4) is 0 Å². The van der Waals surface area contributed by atoms with Crippen molar-refractivity contribution < 1.29 is 43.0 Å². The van der Waals surface area contributed by atoms with Crippen molar-refractivity contribution in [3.63, 3.8) is 0 Å². The highest BCUT2D eigenvalue weighted by Crippen LogP contribution is 2.72. The number of rotatable bonds is 5. The van der Waals surface area contributed by atoms with Crippen LogP contribution >= 0.6 is 0 Å². The lowest BCUT2D eigenvalue weighted by atomic mass is 9.45. The molecule has 2 bridgehead atoms. The van der Waals surface area contributed by atoms with Crippen molar-refractivity contribution in [3.05, 3.63) is 59.7 Å². The summed E-state index contributed by atoms with van der Waals surface area (Å²) < 4.78 is 23.3. The number of hydrogen-bond donors (Lipinski definition) is 0. The SMILES string of the molecule is CC(=O)O[C@@H]1CC2=CC[C@@H]3[C@H](CC[C@@]4(C)[C@@]35C=C[C@@]4(OC(C)=O)N(C(=O)OCc3ccccc3)O5)[C@@]2(C)[C@@H](OC(C)=O)C1. The Labute approximate surface area is 251 Å². The van der Waals surface area contributed by atoms with Crippen LogP contribution in [-0.4, -0.2) is 52.6 Å². The van der Waals surface area contributed by atoms with Crippen molar-refractivity contribution in [2.24, 2.45) is 22.7 Å². The number of amides is 1. The quantitative estimate of drug-likeness (QED) is 0.259. The molecule has 0 N–H and O–H groups in total. The van der Waals surface area contributed by atoms with Crippen LogP contribution in [0.15, 0.2) is 54.1 Å². The predicted octanol–water partition coefficient (Wildman–Crippen LogP) is 5.16. The molecular weight excluding hydrogens is 554 g/mol. The van der Waals surface area contributed by atoms with Gasteiger partial charge >= 0.3 is 24.0 Å². The van der Waals surface area contributed by atoms with Gasteiger partial charge in [-0.1, -0.05) is 55.8 Å². The summed E-state index contributed by atoms with van der Waals surface area (Å²) in [4.78, 5) is 57.0. The average Bonchev–Trinajstić information content (AvgIpc) is 3.32. The Hall–Kier alpha value is -3.66. The number of hydroxylamine groups is 2. The second kappa shape index (κ2) is 10.2. The molecule has 1 aliphatic heterocycles. The fourth-order valence-electron chi connectivity index (χ4n) is 8.84. The van der Waals surface area contributed by atoms with Gasteiger partial charge in [0, 0.05) is 44.9 Å². The van der Waals surface area contributed by atoms with Gasteiger partial charge in [-0.3, -0.25) is 19.2 Å². The lowest BCUT2D eigenvalue weighted by Gasteiger charge is -2.60. The fraction of sp³-hybridized carbons (Fsp3) is 0.576. The third-order valence-corrected chi connectivity index (χ3v) is 10.7. The van der Waals surface area contributed by atoms with Gasteiger partial charge in [0.1, 0.15) is 24.4 Å². The van der Waals surface area contributed by atoms with Crippen molar-refractivity contribution >= 4 is 24.0 Å². The number of carbonyl (C=O) groups excluding carboxylic acids is 4. The maximum atomic E-state index is 13.7. The van der Waals surface area contributed by atoms with Crippen molar-refractivity contribution in [2.45, 2.75) is 96.9 Å². The van der Waals surface area contributed by atoms with Crippen LogP contribution in [0.25, 0.3) is 0 Å². The zero-order chi connectivity index (χ0) is 30.8. The standard InChI is InChI=1S/C33H39NO9/c1-20(35)40-25-17-24-11-12-27-26(31(24,5)28(18-25)41-21(2)36)13-14-30(4)32(27)15-16-33(30,42-22(3)37)34(43-32)29(38)39-19-23-9-7-6-8-10-23/h6-11,15-16,25-28H,12-14,17-19H2,1-5H3/t25-,26+,27-,28+,30+,31+,32-,33+/m1/s1. The highest BCUT2D eigenvalue weighted by atomic mass is 16.8. The highest BCUT2D eigenvalue weighted by Gasteiger charge is 2.81. The summed E-state index contributed by atoms with van der Waals surface area (Å²) in [7, 11) is 0. The summed E-state index contributed by atoms with van der Waals surface area (Å²) in [6.07, 6.45) is 7.14. The third-order valence-electron chi connectivity index (χ3n) is 10.7. The number of nitrogens with zero attached hydrogens (tertiary/aromatic N) is 1. The molecule has 0 aromatic heterocycles. The Morgan fingerprint density at radius 3 is 2.35 bits per heavy atom. The van der Waals surface area contributed by atoms with Crippen LogP contribution in [0, 0.1) is 22.7 Å². The monoisotopic (exact) mass is 593 g/mol. The second-order valence-corrected chi connectivity index (χ2v) is 12.9. The molecular formula is C33H39NO9. The fourth-order valence-corrected chi connectivity index (χ4v) is 8.84. The van der Waals surface area contributed by atoms with Gasteiger partial charge in [0.25, 0.3) is 0 Å². The number of allylic oxidation sites excluding steroid dienone is 1. The van der Waals surface area contributed by atoms with Crippen LogP contribution in [0.4, 0.5) is 4.79 Å². The number of esters is 3. The first-order valence-electron chi connectivity index (χ1n) is 15.0. The molecule has 6 rings (SSSR count). The van der Waals surface area contributed by atoms with E-state index in [1.165, 1.54) is 20.8 Å². The first-order chi connectivity index (χ1) is 20.4. The predicted molar refractivity (Wildman–Crippen MR) is 151 cm³/mol. The van der Waals surface area contributed by atoms with E-state index in [0.29, 0.717) is 32.1 Å². The highest BCUT2D eigenvalue weighted by molar-refractivity contribution is 5.73. The molecule has 0 radical (unpaired) electrons. The molecule has 1 heterocycles. The van der Waals surface area contributed by atoms with Gasteiger partial charge < -0.3 is 18.9 Å². The summed E-state index contributed by atoms with van der Waals surface area (Å²) in [5, 5.41) is 1.13. The molecule has 8 atom stereocenters. The minimum atomic E-state index is -1.48. The molecule has 1 saturated heterocycles. The van der Waals surface area contributed by atoms with Gasteiger partial charge in [0.05, 0.1) is 5.41 Å². The second-order valence-electron chi connectivity index (χ2n) is 12.9. The van der Waals surface area contributed by atoms with E-state index in [1.54, 1.807) is 6.08 Å². The average molecular weight is 594 g/mol. The minimum absolute atomic E-state index is 0.00118. The largest absolute Gasteiger partial charge is 0.462 e. The summed E-state index contributed by atoms with van der Waals surface area (Å²) in [5.74, 6) is -1.43. The number of carbonyl (C=O) groups is 4. The van der Waals surface area contributed by atoms with E-state index in [1.807, 2.05) is 43.3 Å². The van der Waals surface area contributed by atoms with E-state index in [9.17, 15) is 19.2 Å². The Balaban J connectivity index is 1.37. The molecule has 230 valence electrons. The van der Waals surface area contributed by atoms with Crippen LogP contribution in [0.1, 0.15) is 72.3 Å². The first-order valence-corrected chi connectivity index (χ1v) is 15.0. The normalized spacial score (nSPS) is 38.6. The van der Waals surface area contributed by atoms with Crippen molar-refractivity contribution in [3.8, 4) is 0 Å².